The van der Waals surface area contributed by atoms with Crippen molar-refractivity contribution in [2.24, 2.45) is 4.99 Å². The first-order valence-corrected chi connectivity index (χ1v) is 10.9. The lowest BCUT2D eigenvalue weighted by Crippen LogP contribution is -2.47. The third-order valence-electron chi connectivity index (χ3n) is 4.80. The van der Waals surface area contributed by atoms with Gasteiger partial charge in [-0.2, -0.15) is 11.8 Å². The molecule has 2 heterocycles. The molecule has 1 N–H and O–H groups in total. The highest BCUT2D eigenvalue weighted by Crippen LogP contribution is 2.17. The zero-order chi connectivity index (χ0) is 17.0. The number of guanidine groups is 1. The minimum absolute atomic E-state index is 0.326. The first-order valence-electron chi connectivity index (χ1n) is 9.51. The molecule has 2 saturated heterocycles. The molecule has 0 aromatic rings. The van der Waals surface area contributed by atoms with Crippen molar-refractivity contribution in [2.45, 2.75) is 57.2 Å². The van der Waals surface area contributed by atoms with Gasteiger partial charge >= 0.3 is 0 Å². The van der Waals surface area contributed by atoms with E-state index >= 15 is 0 Å². The number of nitrogens with one attached hydrogen (secondary N) is 1. The minimum atomic E-state index is 0.326. The number of unbranched alkanes of at least 4 members (excludes halogenated alkanes) is 1. The van der Waals surface area contributed by atoms with E-state index < -0.39 is 0 Å². The molecule has 0 aliphatic carbocycles. The maximum Gasteiger partial charge on any atom is 0.193 e. The van der Waals surface area contributed by atoms with Crippen LogP contribution in [0.5, 0.6) is 0 Å². The molecule has 1 atom stereocenters. The van der Waals surface area contributed by atoms with Crippen molar-refractivity contribution >= 4 is 17.7 Å². The first kappa shape index (κ1) is 19.9. The smallest absolute Gasteiger partial charge is 0.193 e. The standard InChI is InChI=1S/C18H35N3O2S/c1-19-18(20-10-4-6-14-24-2)21-11-8-16(9-12-21)23-15-17-7-3-5-13-22-17/h16-17H,3-15H2,1-2H3,(H,19,20). The molecule has 0 bridgehead atoms. The Morgan fingerprint density at radius 1 is 1.25 bits per heavy atom. The third-order valence-corrected chi connectivity index (χ3v) is 5.50. The van der Waals surface area contributed by atoms with E-state index in [1.54, 1.807) is 0 Å². The van der Waals surface area contributed by atoms with Gasteiger partial charge in [-0.15, -0.1) is 0 Å². The fraction of sp³-hybridized carbons (Fsp3) is 0.944. The summed E-state index contributed by atoms with van der Waals surface area (Å²) in [5, 5.41) is 3.50. The van der Waals surface area contributed by atoms with Crippen LogP contribution in [0.1, 0.15) is 44.9 Å². The third kappa shape index (κ3) is 7.19. The van der Waals surface area contributed by atoms with Gasteiger partial charge in [0.25, 0.3) is 0 Å². The molecule has 2 aliphatic heterocycles. The van der Waals surface area contributed by atoms with Gasteiger partial charge in [0.05, 0.1) is 18.8 Å². The van der Waals surface area contributed by atoms with E-state index in [1.165, 1.54) is 31.4 Å². The summed E-state index contributed by atoms with van der Waals surface area (Å²) in [6.07, 6.45) is 11.2. The molecule has 2 aliphatic rings. The van der Waals surface area contributed by atoms with Crippen LogP contribution in [-0.2, 0) is 9.47 Å². The molecule has 0 radical (unpaired) electrons. The molecule has 0 aromatic carbocycles. The largest absolute Gasteiger partial charge is 0.376 e. The number of likely N-dealkylation sites (tertiary alicyclic amines) is 1. The first-order chi connectivity index (χ1) is 11.8. The summed E-state index contributed by atoms with van der Waals surface area (Å²) in [5.41, 5.74) is 0. The van der Waals surface area contributed by atoms with Crippen LogP contribution in [-0.4, -0.2) is 75.0 Å². The summed E-state index contributed by atoms with van der Waals surface area (Å²) < 4.78 is 11.8. The van der Waals surface area contributed by atoms with Crippen LogP contribution in [0.4, 0.5) is 0 Å². The molecule has 5 nitrogen and oxygen atoms in total. The van der Waals surface area contributed by atoms with Crippen LogP contribution in [0.3, 0.4) is 0 Å². The minimum Gasteiger partial charge on any atom is -0.376 e. The van der Waals surface area contributed by atoms with Gasteiger partial charge in [0.1, 0.15) is 0 Å². The Morgan fingerprint density at radius 3 is 2.75 bits per heavy atom. The Labute approximate surface area is 151 Å². The Hall–Kier alpha value is -0.460. The fourth-order valence-electron chi connectivity index (χ4n) is 3.32. The normalized spacial score (nSPS) is 23.5. The monoisotopic (exact) mass is 357 g/mol. The second-order valence-corrected chi connectivity index (χ2v) is 7.67. The molecule has 0 aromatic heterocycles. The average Bonchev–Trinajstić information content (AvgIpc) is 2.64. The number of ether oxygens (including phenoxy) is 2. The summed E-state index contributed by atoms with van der Waals surface area (Å²) in [6, 6.07) is 0. The Morgan fingerprint density at radius 2 is 2.08 bits per heavy atom. The van der Waals surface area contributed by atoms with Gasteiger partial charge in [0.15, 0.2) is 5.96 Å². The number of hydrogen-bond acceptors (Lipinski definition) is 4. The van der Waals surface area contributed by atoms with Crippen LogP contribution in [0.2, 0.25) is 0 Å². The number of piperidine rings is 1. The molecule has 1 unspecified atom stereocenters. The topological polar surface area (TPSA) is 46.1 Å². The lowest BCUT2D eigenvalue weighted by molar-refractivity contribution is -0.0721. The Balaban J connectivity index is 1.59. The summed E-state index contributed by atoms with van der Waals surface area (Å²) in [5.74, 6) is 2.29. The molecular weight excluding hydrogens is 322 g/mol. The number of aliphatic imine (C=N–C) groups is 1. The summed E-state index contributed by atoms with van der Waals surface area (Å²) in [4.78, 5) is 6.81. The fourth-order valence-corrected chi connectivity index (χ4v) is 3.81. The maximum absolute atomic E-state index is 6.10. The highest BCUT2D eigenvalue weighted by Gasteiger charge is 2.23. The quantitative estimate of drug-likeness (QED) is 0.411. The van der Waals surface area contributed by atoms with E-state index in [-0.39, 0.29) is 0 Å². The predicted molar refractivity (Wildman–Crippen MR) is 103 cm³/mol. The Bertz CT molecular complexity index is 354. The maximum atomic E-state index is 6.10. The van der Waals surface area contributed by atoms with Gasteiger partial charge in [-0.3, -0.25) is 4.99 Å². The van der Waals surface area contributed by atoms with Crippen molar-refractivity contribution < 1.29 is 9.47 Å². The second-order valence-electron chi connectivity index (χ2n) is 6.68. The van der Waals surface area contributed by atoms with Gasteiger partial charge < -0.3 is 19.7 Å². The van der Waals surface area contributed by atoms with Crippen LogP contribution >= 0.6 is 11.8 Å². The SMILES string of the molecule is CN=C(NCCCCSC)N1CCC(OCC2CCCCO2)CC1. The van der Waals surface area contributed by atoms with Gasteiger partial charge in [-0.1, -0.05) is 0 Å². The highest BCUT2D eigenvalue weighted by atomic mass is 32.2. The number of thioether (sulfide) groups is 1. The van der Waals surface area contributed by atoms with Crippen LogP contribution in [0.15, 0.2) is 4.99 Å². The number of rotatable bonds is 8. The van der Waals surface area contributed by atoms with Gasteiger partial charge in [-0.05, 0) is 57.0 Å². The van der Waals surface area contributed by atoms with E-state index in [9.17, 15) is 0 Å². The van der Waals surface area contributed by atoms with Crippen molar-refractivity contribution in [2.75, 3.05) is 51.9 Å². The molecule has 2 rings (SSSR count). The lowest BCUT2D eigenvalue weighted by atomic mass is 10.1. The van der Waals surface area contributed by atoms with E-state index in [2.05, 4.69) is 21.5 Å². The second kappa shape index (κ2) is 12.0. The van der Waals surface area contributed by atoms with Gasteiger partial charge in [-0.25, -0.2) is 0 Å². The van der Waals surface area contributed by atoms with E-state index in [0.717, 1.165) is 58.1 Å². The van der Waals surface area contributed by atoms with Crippen molar-refractivity contribution in [3.05, 3.63) is 0 Å². The van der Waals surface area contributed by atoms with E-state index in [4.69, 9.17) is 9.47 Å². The molecule has 24 heavy (non-hydrogen) atoms. The van der Waals surface area contributed by atoms with Crippen molar-refractivity contribution in [1.82, 2.24) is 10.2 Å². The average molecular weight is 358 g/mol. The molecular formula is C18H35N3O2S. The molecule has 0 amide bonds. The molecule has 0 saturated carbocycles. The highest BCUT2D eigenvalue weighted by molar-refractivity contribution is 7.98. The molecule has 140 valence electrons. The van der Waals surface area contributed by atoms with Crippen molar-refractivity contribution in [3.8, 4) is 0 Å². The molecule has 6 heteroatoms. The lowest BCUT2D eigenvalue weighted by Gasteiger charge is -2.35. The zero-order valence-electron chi connectivity index (χ0n) is 15.5. The molecule has 0 spiro atoms. The van der Waals surface area contributed by atoms with Gasteiger partial charge in [0.2, 0.25) is 0 Å². The van der Waals surface area contributed by atoms with Crippen molar-refractivity contribution in [3.63, 3.8) is 0 Å². The summed E-state index contributed by atoms with van der Waals surface area (Å²) in [7, 11) is 1.88. The van der Waals surface area contributed by atoms with E-state index in [0.29, 0.717) is 12.2 Å². The zero-order valence-corrected chi connectivity index (χ0v) is 16.3. The van der Waals surface area contributed by atoms with Crippen LogP contribution in [0, 0.1) is 0 Å². The number of hydrogen-bond donors (Lipinski definition) is 1. The predicted octanol–water partition coefficient (Wildman–Crippen LogP) is 2.76. The van der Waals surface area contributed by atoms with Gasteiger partial charge in [0, 0.05) is 33.3 Å². The van der Waals surface area contributed by atoms with E-state index in [1.807, 2.05) is 18.8 Å². The number of nitrogens with zero attached hydrogens (tertiary/aromatic N) is 2. The Kier molecular flexibility index (Phi) is 9.92. The molecule has 2 fully saturated rings. The van der Waals surface area contributed by atoms with Crippen molar-refractivity contribution in [1.29, 1.82) is 0 Å². The summed E-state index contributed by atoms with van der Waals surface area (Å²) in [6.45, 7) is 4.75. The van der Waals surface area contributed by atoms with Crippen LogP contribution in [0.25, 0.3) is 0 Å². The summed E-state index contributed by atoms with van der Waals surface area (Å²) >= 11 is 1.92. The van der Waals surface area contributed by atoms with Crippen LogP contribution < -0.4 is 5.32 Å².